The number of carbonyl (C=O) groups is 1. The van der Waals surface area contributed by atoms with Gasteiger partial charge < -0.3 is 16.0 Å². The number of aromatic nitrogens is 2. The molecule has 180 valence electrons. The zero-order valence-electron chi connectivity index (χ0n) is 18.6. The van der Waals surface area contributed by atoms with E-state index in [0.717, 1.165) is 11.8 Å². The molecule has 0 saturated carbocycles. The summed E-state index contributed by atoms with van der Waals surface area (Å²) in [6.45, 7) is 2.02. The van der Waals surface area contributed by atoms with E-state index in [1.807, 2.05) is 12.1 Å². The first kappa shape index (κ1) is 25.2. The van der Waals surface area contributed by atoms with Crippen molar-refractivity contribution >= 4 is 34.2 Å². The van der Waals surface area contributed by atoms with E-state index in [1.165, 1.54) is 13.2 Å². The topological polar surface area (TPSA) is 96.0 Å². The molecule has 0 radical (unpaired) electrons. The Kier molecular flexibility index (Phi) is 8.21. The molecular weight excluding hydrogens is 467 g/mol. The van der Waals surface area contributed by atoms with E-state index in [1.54, 1.807) is 36.4 Å². The maximum absolute atomic E-state index is 13.5. The van der Waals surface area contributed by atoms with E-state index >= 15 is 0 Å². The van der Waals surface area contributed by atoms with Crippen LogP contribution in [0.3, 0.4) is 0 Å². The van der Waals surface area contributed by atoms with Crippen molar-refractivity contribution in [3.8, 4) is 0 Å². The van der Waals surface area contributed by atoms with Gasteiger partial charge in [-0.05, 0) is 41.8 Å². The van der Waals surface area contributed by atoms with Crippen LogP contribution in [0, 0.1) is 0 Å². The molecule has 1 amide bonds. The number of nitrogens with zero attached hydrogens (tertiary/aromatic N) is 2. The number of hydrogen-bond donors (Lipinski definition) is 3. The van der Waals surface area contributed by atoms with Crippen LogP contribution < -0.4 is 16.0 Å². The SMILES string of the molecule is CC(=O)NCCc1ccc(Nc2ncc(C(F)(F)F)c(NCc3cccc(S(C)=O)c3)n2)cc1. The average Bonchev–Trinajstić information content (AvgIpc) is 2.78. The first-order valence-corrected chi connectivity index (χ1v) is 11.9. The first-order valence-electron chi connectivity index (χ1n) is 10.3. The van der Waals surface area contributed by atoms with Gasteiger partial charge in [0.05, 0.1) is 0 Å². The lowest BCUT2D eigenvalue weighted by Crippen LogP contribution is -2.22. The highest BCUT2D eigenvalue weighted by Crippen LogP contribution is 2.34. The van der Waals surface area contributed by atoms with Crippen molar-refractivity contribution in [1.29, 1.82) is 0 Å². The Bertz CT molecular complexity index is 1170. The molecule has 0 aliphatic carbocycles. The minimum Gasteiger partial charge on any atom is -0.365 e. The average molecular weight is 492 g/mol. The van der Waals surface area contributed by atoms with Crippen molar-refractivity contribution in [2.75, 3.05) is 23.4 Å². The molecule has 34 heavy (non-hydrogen) atoms. The number of anilines is 3. The van der Waals surface area contributed by atoms with Crippen LogP contribution in [0.5, 0.6) is 0 Å². The number of rotatable bonds is 9. The van der Waals surface area contributed by atoms with E-state index in [-0.39, 0.29) is 24.2 Å². The van der Waals surface area contributed by atoms with E-state index in [2.05, 4.69) is 25.9 Å². The van der Waals surface area contributed by atoms with Crippen molar-refractivity contribution in [2.45, 2.75) is 31.0 Å². The highest BCUT2D eigenvalue weighted by atomic mass is 32.2. The van der Waals surface area contributed by atoms with Crippen LogP contribution in [0.4, 0.5) is 30.6 Å². The van der Waals surface area contributed by atoms with Gasteiger partial charge >= 0.3 is 6.18 Å². The molecule has 3 rings (SSSR count). The predicted octanol–water partition coefficient (Wildman–Crippen LogP) is 4.27. The number of amides is 1. The fraction of sp³-hybridized carbons (Fsp3) is 0.261. The number of benzene rings is 2. The molecule has 3 aromatic rings. The van der Waals surface area contributed by atoms with Gasteiger partial charge in [-0.1, -0.05) is 24.3 Å². The highest BCUT2D eigenvalue weighted by molar-refractivity contribution is 7.84. The quantitative estimate of drug-likeness (QED) is 0.414. The van der Waals surface area contributed by atoms with Crippen LogP contribution in [-0.2, 0) is 34.7 Å². The van der Waals surface area contributed by atoms with E-state index in [4.69, 9.17) is 0 Å². The molecule has 7 nitrogen and oxygen atoms in total. The van der Waals surface area contributed by atoms with Crippen molar-refractivity contribution < 1.29 is 22.2 Å². The summed E-state index contributed by atoms with van der Waals surface area (Å²) in [6.07, 6.45) is -1.72. The highest BCUT2D eigenvalue weighted by Gasteiger charge is 2.35. The molecule has 1 atom stereocenters. The summed E-state index contributed by atoms with van der Waals surface area (Å²) in [5, 5.41) is 8.35. The van der Waals surface area contributed by atoms with Crippen LogP contribution in [0.1, 0.15) is 23.6 Å². The van der Waals surface area contributed by atoms with Crippen LogP contribution in [-0.4, -0.2) is 32.9 Å². The van der Waals surface area contributed by atoms with E-state index in [0.29, 0.717) is 29.1 Å². The fourth-order valence-corrected chi connectivity index (χ4v) is 3.66. The number of halogens is 3. The van der Waals surface area contributed by atoms with Gasteiger partial charge in [0, 0.05) is 53.8 Å². The van der Waals surface area contributed by atoms with E-state index in [9.17, 15) is 22.2 Å². The summed E-state index contributed by atoms with van der Waals surface area (Å²) in [7, 11) is -1.20. The molecule has 0 spiro atoms. The van der Waals surface area contributed by atoms with Gasteiger partial charge in [-0.2, -0.15) is 18.2 Å². The second-order valence-electron chi connectivity index (χ2n) is 7.46. The molecule has 2 aromatic carbocycles. The summed E-state index contributed by atoms with van der Waals surface area (Å²) < 4.78 is 52.1. The van der Waals surface area contributed by atoms with Gasteiger partial charge in [-0.3, -0.25) is 9.00 Å². The Labute approximate surface area is 197 Å². The third-order valence-corrected chi connectivity index (χ3v) is 5.70. The third kappa shape index (κ3) is 7.27. The molecule has 1 unspecified atom stereocenters. The molecule has 0 saturated heterocycles. The van der Waals surface area contributed by atoms with Crippen molar-refractivity contribution in [3.63, 3.8) is 0 Å². The Balaban J connectivity index is 1.74. The summed E-state index contributed by atoms with van der Waals surface area (Å²) >= 11 is 0. The molecular formula is C23H24F3N5O2S. The lowest BCUT2D eigenvalue weighted by molar-refractivity contribution is -0.137. The molecule has 3 N–H and O–H groups in total. The first-order chi connectivity index (χ1) is 16.1. The maximum Gasteiger partial charge on any atom is 0.421 e. The maximum atomic E-state index is 13.5. The fourth-order valence-electron chi connectivity index (χ4n) is 3.07. The second-order valence-corrected chi connectivity index (χ2v) is 8.84. The Morgan fingerprint density at radius 3 is 2.47 bits per heavy atom. The van der Waals surface area contributed by atoms with Crippen LogP contribution >= 0.6 is 0 Å². The minimum absolute atomic E-state index is 0.00455. The van der Waals surface area contributed by atoms with Crippen molar-refractivity contribution in [1.82, 2.24) is 15.3 Å². The lowest BCUT2D eigenvalue weighted by atomic mass is 10.1. The number of alkyl halides is 3. The predicted molar refractivity (Wildman–Crippen MR) is 125 cm³/mol. The van der Waals surface area contributed by atoms with Crippen LogP contribution in [0.15, 0.2) is 59.6 Å². The largest absolute Gasteiger partial charge is 0.421 e. The standard InChI is InChI=1S/C23H24F3N5O2S/c1-15(32)27-11-10-16-6-8-18(9-7-16)30-22-29-14-20(23(24,25)26)21(31-22)28-13-17-4-3-5-19(12-17)34(2)33/h3-9,12,14H,10-11,13H2,1-2H3,(H,27,32)(H2,28,29,30,31). The molecule has 1 heterocycles. The summed E-state index contributed by atoms with van der Waals surface area (Å²) in [4.78, 5) is 19.4. The van der Waals surface area contributed by atoms with Crippen LogP contribution in [0.25, 0.3) is 0 Å². The molecule has 0 aliphatic heterocycles. The minimum atomic E-state index is -4.64. The Morgan fingerprint density at radius 1 is 1.09 bits per heavy atom. The smallest absolute Gasteiger partial charge is 0.365 e. The van der Waals surface area contributed by atoms with Gasteiger partial charge in [-0.25, -0.2) is 4.98 Å². The summed E-state index contributed by atoms with van der Waals surface area (Å²) in [5.41, 5.74) is 1.28. The number of nitrogens with one attached hydrogen (secondary N) is 3. The summed E-state index contributed by atoms with van der Waals surface area (Å²) in [6, 6.07) is 14.0. The van der Waals surface area contributed by atoms with Crippen molar-refractivity contribution in [3.05, 3.63) is 71.4 Å². The van der Waals surface area contributed by atoms with Crippen LogP contribution in [0.2, 0.25) is 0 Å². The Hall–Kier alpha value is -3.47. The molecule has 11 heteroatoms. The van der Waals surface area contributed by atoms with E-state index < -0.39 is 22.5 Å². The molecule has 0 bridgehead atoms. The van der Waals surface area contributed by atoms with Gasteiger partial charge in [-0.15, -0.1) is 0 Å². The molecule has 0 fully saturated rings. The zero-order valence-corrected chi connectivity index (χ0v) is 19.4. The normalized spacial score (nSPS) is 12.1. The molecule has 0 aliphatic rings. The summed E-state index contributed by atoms with van der Waals surface area (Å²) in [5.74, 6) is -0.458. The van der Waals surface area contributed by atoms with Gasteiger partial charge in [0.1, 0.15) is 11.4 Å². The monoisotopic (exact) mass is 491 g/mol. The molecule has 1 aromatic heterocycles. The lowest BCUT2D eigenvalue weighted by Gasteiger charge is -2.15. The van der Waals surface area contributed by atoms with Gasteiger partial charge in [0.2, 0.25) is 11.9 Å². The van der Waals surface area contributed by atoms with Gasteiger partial charge in [0.25, 0.3) is 0 Å². The third-order valence-electron chi connectivity index (χ3n) is 4.78. The zero-order chi connectivity index (χ0) is 24.7. The Morgan fingerprint density at radius 2 is 1.82 bits per heavy atom. The van der Waals surface area contributed by atoms with Gasteiger partial charge in [0.15, 0.2) is 0 Å². The van der Waals surface area contributed by atoms with Crippen molar-refractivity contribution in [2.24, 2.45) is 0 Å². The second kappa shape index (κ2) is 11.1. The number of hydrogen-bond acceptors (Lipinski definition) is 6. The number of carbonyl (C=O) groups excluding carboxylic acids is 1.